The van der Waals surface area contributed by atoms with E-state index in [1.807, 2.05) is 37.3 Å². The molecule has 25 heavy (non-hydrogen) atoms. The molecular weight excluding hydrogens is 314 g/mol. The number of hydrogen-bond acceptors (Lipinski definition) is 3. The van der Waals surface area contributed by atoms with Gasteiger partial charge in [0.15, 0.2) is 0 Å². The zero-order valence-electron chi connectivity index (χ0n) is 15.2. The number of nitrogens with one attached hydrogen (secondary N) is 1. The van der Waals surface area contributed by atoms with Crippen molar-refractivity contribution in [1.82, 2.24) is 5.32 Å². The van der Waals surface area contributed by atoms with Crippen LogP contribution in [0.4, 0.5) is 0 Å². The number of rotatable bonds is 8. The second-order valence-electron chi connectivity index (χ2n) is 6.19. The average molecular weight is 341 g/mol. The van der Waals surface area contributed by atoms with Gasteiger partial charge in [0, 0.05) is 11.1 Å². The molecule has 0 fully saturated rings. The number of carbonyl (C=O) groups is 1. The summed E-state index contributed by atoms with van der Waals surface area (Å²) in [6.07, 6.45) is 1.76. The Morgan fingerprint density at radius 3 is 2.52 bits per heavy atom. The Labute approximate surface area is 149 Å². The maximum Gasteiger partial charge on any atom is 0.252 e. The maximum absolute atomic E-state index is 12.8. The van der Waals surface area contributed by atoms with Gasteiger partial charge in [-0.15, -0.1) is 0 Å². The summed E-state index contributed by atoms with van der Waals surface area (Å²) in [6, 6.07) is 15.0. The van der Waals surface area contributed by atoms with Crippen LogP contribution in [-0.2, 0) is 0 Å². The number of ether oxygens (including phenoxy) is 1. The molecule has 1 amide bonds. The van der Waals surface area contributed by atoms with Crippen LogP contribution in [-0.4, -0.2) is 18.1 Å². The molecule has 0 saturated carbocycles. The number of unbranched alkanes of at least 4 members (excludes halogenated alkanes) is 1. The van der Waals surface area contributed by atoms with E-state index in [-0.39, 0.29) is 11.9 Å². The molecule has 4 heteroatoms. The number of methoxy groups -OCH3 is 1. The first-order valence-electron chi connectivity index (χ1n) is 8.79. The zero-order valence-corrected chi connectivity index (χ0v) is 15.2. The van der Waals surface area contributed by atoms with Gasteiger partial charge in [-0.2, -0.15) is 0 Å². The lowest BCUT2D eigenvalue weighted by atomic mass is 9.96. The van der Waals surface area contributed by atoms with Crippen LogP contribution in [0.2, 0.25) is 0 Å². The lowest BCUT2D eigenvalue weighted by Gasteiger charge is -2.20. The highest BCUT2D eigenvalue weighted by Crippen LogP contribution is 2.32. The summed E-state index contributed by atoms with van der Waals surface area (Å²) in [5.41, 5.74) is 2.06. The minimum absolute atomic E-state index is 0.125. The van der Waals surface area contributed by atoms with E-state index in [0.29, 0.717) is 23.3 Å². The Hall–Kier alpha value is -2.33. The van der Waals surface area contributed by atoms with Crippen LogP contribution < -0.4 is 10.1 Å². The molecule has 2 N–H and O–H groups in total. The van der Waals surface area contributed by atoms with Gasteiger partial charge in [0.2, 0.25) is 0 Å². The highest BCUT2D eigenvalue weighted by molar-refractivity contribution is 5.96. The fourth-order valence-electron chi connectivity index (χ4n) is 2.90. The van der Waals surface area contributed by atoms with Crippen LogP contribution in [0.15, 0.2) is 48.5 Å². The van der Waals surface area contributed by atoms with Crippen LogP contribution in [0.3, 0.4) is 0 Å². The number of carbonyl (C=O) groups excluding carboxylic acids is 1. The normalized spacial score (nSPS) is 13.1. The highest BCUT2D eigenvalue weighted by atomic mass is 16.5. The molecule has 0 spiro atoms. The first kappa shape index (κ1) is 19.0. The van der Waals surface area contributed by atoms with Crippen LogP contribution in [0.1, 0.15) is 66.7 Å². The Morgan fingerprint density at radius 1 is 1.16 bits per heavy atom. The van der Waals surface area contributed by atoms with Crippen molar-refractivity contribution in [3.05, 3.63) is 65.2 Å². The lowest BCUT2D eigenvalue weighted by Crippen LogP contribution is -2.28. The second-order valence-corrected chi connectivity index (χ2v) is 6.19. The van der Waals surface area contributed by atoms with E-state index in [4.69, 9.17) is 4.74 Å². The van der Waals surface area contributed by atoms with Gasteiger partial charge in [0.25, 0.3) is 5.91 Å². The van der Waals surface area contributed by atoms with Gasteiger partial charge in [-0.3, -0.25) is 4.79 Å². The Kier molecular flexibility index (Phi) is 7.02. The predicted octanol–water partition coefficient (Wildman–Crippen LogP) is 4.41. The third-order valence-electron chi connectivity index (χ3n) is 4.34. The van der Waals surface area contributed by atoms with Gasteiger partial charge in [-0.1, -0.05) is 56.2 Å². The smallest absolute Gasteiger partial charge is 0.252 e. The minimum Gasteiger partial charge on any atom is -0.496 e. The van der Waals surface area contributed by atoms with Gasteiger partial charge in [-0.25, -0.2) is 0 Å². The Balaban J connectivity index is 2.26. The molecule has 0 saturated heterocycles. The molecule has 0 radical (unpaired) electrons. The minimum atomic E-state index is -0.719. The Bertz CT molecular complexity index is 685. The molecule has 2 rings (SSSR count). The van der Waals surface area contributed by atoms with Gasteiger partial charge in [0.05, 0.1) is 19.3 Å². The van der Waals surface area contributed by atoms with Gasteiger partial charge in [0.1, 0.15) is 5.75 Å². The summed E-state index contributed by atoms with van der Waals surface area (Å²) in [5, 5.41) is 13.6. The van der Waals surface area contributed by atoms with E-state index < -0.39 is 6.10 Å². The second kappa shape index (κ2) is 9.23. The third-order valence-corrected chi connectivity index (χ3v) is 4.34. The standard InChI is InChI=1S/C21H27NO3/c1-4-5-13-18(23)20-17(12-9-14-19(20)25-3)21(24)22-15(2)16-10-7-6-8-11-16/h6-12,14-15,18,23H,4-5,13H2,1-3H3,(H,22,24)/t15-,18+/m0/s1. The number of aliphatic hydroxyl groups excluding tert-OH is 1. The Morgan fingerprint density at radius 2 is 1.88 bits per heavy atom. The van der Waals surface area contributed by atoms with E-state index in [1.54, 1.807) is 25.3 Å². The molecule has 0 heterocycles. The molecule has 2 aromatic carbocycles. The van der Waals surface area contributed by atoms with Crippen LogP contribution in [0, 0.1) is 0 Å². The van der Waals surface area contributed by atoms with Gasteiger partial charge in [-0.05, 0) is 31.0 Å². The van der Waals surface area contributed by atoms with Crippen molar-refractivity contribution in [2.24, 2.45) is 0 Å². The first-order valence-corrected chi connectivity index (χ1v) is 8.79. The van der Waals surface area contributed by atoms with Crippen molar-refractivity contribution in [1.29, 1.82) is 0 Å². The fourth-order valence-corrected chi connectivity index (χ4v) is 2.90. The zero-order chi connectivity index (χ0) is 18.2. The average Bonchev–Trinajstić information content (AvgIpc) is 2.65. The molecule has 0 aliphatic rings. The predicted molar refractivity (Wildman–Crippen MR) is 99.8 cm³/mol. The van der Waals surface area contributed by atoms with Gasteiger partial charge >= 0.3 is 0 Å². The van der Waals surface area contributed by atoms with E-state index in [1.165, 1.54) is 0 Å². The van der Waals surface area contributed by atoms with E-state index >= 15 is 0 Å². The maximum atomic E-state index is 12.8. The third kappa shape index (κ3) is 4.83. The van der Waals surface area contributed by atoms with E-state index in [2.05, 4.69) is 12.2 Å². The van der Waals surface area contributed by atoms with Gasteiger partial charge < -0.3 is 15.2 Å². The van der Waals surface area contributed by atoms with Crippen molar-refractivity contribution >= 4 is 5.91 Å². The highest BCUT2D eigenvalue weighted by Gasteiger charge is 2.22. The molecule has 0 bridgehead atoms. The quantitative estimate of drug-likeness (QED) is 0.748. The number of benzene rings is 2. The molecular formula is C21H27NO3. The summed E-state index contributed by atoms with van der Waals surface area (Å²) >= 11 is 0. The molecule has 0 aliphatic carbocycles. The summed E-state index contributed by atoms with van der Waals surface area (Å²) in [6.45, 7) is 4.02. The lowest BCUT2D eigenvalue weighted by molar-refractivity contribution is 0.0929. The molecule has 2 aromatic rings. The monoisotopic (exact) mass is 341 g/mol. The van der Waals surface area contributed by atoms with Crippen LogP contribution >= 0.6 is 0 Å². The summed E-state index contributed by atoms with van der Waals surface area (Å²) in [5.74, 6) is 0.337. The van der Waals surface area contributed by atoms with Crippen LogP contribution in [0.25, 0.3) is 0 Å². The number of amides is 1. The summed E-state index contributed by atoms with van der Waals surface area (Å²) in [7, 11) is 1.56. The van der Waals surface area contributed by atoms with E-state index in [9.17, 15) is 9.90 Å². The van der Waals surface area contributed by atoms with E-state index in [0.717, 1.165) is 18.4 Å². The topological polar surface area (TPSA) is 58.6 Å². The summed E-state index contributed by atoms with van der Waals surface area (Å²) in [4.78, 5) is 12.8. The van der Waals surface area contributed by atoms with Crippen molar-refractivity contribution in [3.63, 3.8) is 0 Å². The number of hydrogen-bond donors (Lipinski definition) is 2. The van der Waals surface area contributed by atoms with Crippen LogP contribution in [0.5, 0.6) is 5.75 Å². The number of aliphatic hydroxyl groups is 1. The van der Waals surface area contributed by atoms with Crippen molar-refractivity contribution in [2.45, 2.75) is 45.3 Å². The SMILES string of the molecule is CCCC[C@@H](O)c1c(OC)cccc1C(=O)N[C@@H](C)c1ccccc1. The molecule has 4 nitrogen and oxygen atoms in total. The summed E-state index contributed by atoms with van der Waals surface area (Å²) < 4.78 is 5.39. The van der Waals surface area contributed by atoms with Crippen molar-refractivity contribution in [3.8, 4) is 5.75 Å². The van der Waals surface area contributed by atoms with Crippen molar-refractivity contribution in [2.75, 3.05) is 7.11 Å². The molecule has 2 atom stereocenters. The largest absolute Gasteiger partial charge is 0.496 e. The molecule has 0 aromatic heterocycles. The fraction of sp³-hybridized carbons (Fsp3) is 0.381. The molecule has 134 valence electrons. The molecule has 0 aliphatic heterocycles. The first-order chi connectivity index (χ1) is 12.1. The molecule has 0 unspecified atom stereocenters. The van der Waals surface area contributed by atoms with Crippen molar-refractivity contribution < 1.29 is 14.6 Å².